The molecule has 0 unspecified atom stereocenters. The van der Waals surface area contributed by atoms with Crippen LogP contribution in [0.4, 0.5) is 0 Å². The number of pyridine rings is 1. The topological polar surface area (TPSA) is 88.2 Å². The molecule has 0 spiro atoms. The summed E-state index contributed by atoms with van der Waals surface area (Å²) in [5, 5.41) is 20.8. The summed E-state index contributed by atoms with van der Waals surface area (Å²) in [5.74, 6) is 0.00671. The van der Waals surface area contributed by atoms with Crippen molar-refractivity contribution in [3.63, 3.8) is 0 Å². The van der Waals surface area contributed by atoms with Crippen LogP contribution >= 0.6 is 12.2 Å². The maximum absolute atomic E-state index is 13.4. The first-order valence-electron chi connectivity index (χ1n) is 9.32. The zero-order valence-corrected chi connectivity index (χ0v) is 17.1. The van der Waals surface area contributed by atoms with Crippen molar-refractivity contribution in [2.24, 2.45) is 0 Å². The van der Waals surface area contributed by atoms with Crippen LogP contribution in [0.3, 0.4) is 0 Å². The fourth-order valence-electron chi connectivity index (χ4n) is 3.75. The van der Waals surface area contributed by atoms with Gasteiger partial charge in [0, 0.05) is 18.3 Å². The van der Waals surface area contributed by atoms with Gasteiger partial charge in [-0.15, -0.1) is 0 Å². The van der Waals surface area contributed by atoms with Crippen LogP contribution in [0.25, 0.3) is 22.8 Å². The molecule has 0 saturated carbocycles. The number of fused-ring (bicyclic) bond motifs is 3. The van der Waals surface area contributed by atoms with Crippen molar-refractivity contribution < 1.29 is 5.11 Å². The molecule has 0 atom stereocenters. The Kier molecular flexibility index (Phi) is 4.47. The highest BCUT2D eigenvalue weighted by atomic mass is 32.1. The van der Waals surface area contributed by atoms with E-state index in [0.717, 1.165) is 0 Å². The van der Waals surface area contributed by atoms with E-state index in [9.17, 15) is 15.2 Å². The summed E-state index contributed by atoms with van der Waals surface area (Å²) in [6.07, 6.45) is 1.62. The molecule has 3 aromatic heterocycles. The lowest BCUT2D eigenvalue weighted by Gasteiger charge is -2.04. The molecule has 29 heavy (non-hydrogen) atoms. The van der Waals surface area contributed by atoms with Gasteiger partial charge in [0.05, 0.1) is 16.6 Å². The molecular formula is C21H19N5O2S. The van der Waals surface area contributed by atoms with Crippen molar-refractivity contribution in [3.05, 3.63) is 61.4 Å². The Morgan fingerprint density at radius 2 is 1.93 bits per heavy atom. The van der Waals surface area contributed by atoms with Gasteiger partial charge in [-0.3, -0.25) is 13.8 Å². The van der Waals surface area contributed by atoms with Crippen LogP contribution in [0.2, 0.25) is 0 Å². The molecule has 4 aromatic rings. The third kappa shape index (κ3) is 2.58. The Hall–Kier alpha value is -3.44. The quantitative estimate of drug-likeness (QED) is 0.530. The highest BCUT2D eigenvalue weighted by molar-refractivity contribution is 7.71. The third-order valence-electron chi connectivity index (χ3n) is 5.26. The van der Waals surface area contributed by atoms with E-state index in [1.165, 1.54) is 4.40 Å². The molecule has 1 aromatic carbocycles. The Morgan fingerprint density at radius 1 is 1.24 bits per heavy atom. The average Bonchev–Trinajstić information content (AvgIpc) is 3.20. The molecule has 4 rings (SSSR count). The van der Waals surface area contributed by atoms with E-state index in [0.29, 0.717) is 56.6 Å². The molecule has 3 heterocycles. The summed E-state index contributed by atoms with van der Waals surface area (Å²) >= 11 is 5.46. The van der Waals surface area contributed by atoms with Crippen LogP contribution in [-0.2, 0) is 13.1 Å². The number of hydrogen-bond acceptors (Lipinski definition) is 5. The summed E-state index contributed by atoms with van der Waals surface area (Å²) in [6, 6.07) is 9.46. The van der Waals surface area contributed by atoms with Gasteiger partial charge < -0.3 is 9.67 Å². The number of aromatic nitrogens is 4. The number of para-hydroxylation sites is 2. The van der Waals surface area contributed by atoms with Gasteiger partial charge in [-0.2, -0.15) is 5.26 Å². The zero-order valence-electron chi connectivity index (χ0n) is 16.3. The molecule has 8 heteroatoms. The fraction of sp³-hybridized carbons (Fsp3) is 0.238. The molecule has 1 N–H and O–H groups in total. The molecule has 0 fully saturated rings. The number of imidazole rings is 2. The van der Waals surface area contributed by atoms with Crippen LogP contribution in [0, 0.1) is 23.0 Å². The first-order valence-corrected chi connectivity index (χ1v) is 9.73. The highest BCUT2D eigenvalue weighted by Crippen LogP contribution is 2.22. The van der Waals surface area contributed by atoms with Crippen molar-refractivity contribution in [3.8, 4) is 11.9 Å². The maximum Gasteiger partial charge on any atom is 0.264 e. The number of aromatic hydroxyl groups is 1. The number of benzene rings is 1. The Balaban J connectivity index is 2.22. The third-order valence-corrected chi connectivity index (χ3v) is 5.70. The summed E-state index contributed by atoms with van der Waals surface area (Å²) in [6.45, 7) is 6.59. The molecule has 0 amide bonds. The average molecular weight is 405 g/mol. The van der Waals surface area contributed by atoms with Crippen LogP contribution in [0.5, 0.6) is 5.88 Å². The molecular weight excluding hydrogens is 386 g/mol. The van der Waals surface area contributed by atoms with Crippen molar-refractivity contribution in [1.82, 2.24) is 18.5 Å². The van der Waals surface area contributed by atoms with Gasteiger partial charge in [-0.05, 0) is 56.8 Å². The minimum Gasteiger partial charge on any atom is -0.493 e. The lowest BCUT2D eigenvalue weighted by atomic mass is 10.1. The van der Waals surface area contributed by atoms with Crippen molar-refractivity contribution >= 4 is 35.0 Å². The highest BCUT2D eigenvalue weighted by Gasteiger charge is 2.18. The summed E-state index contributed by atoms with van der Waals surface area (Å²) in [7, 11) is 0. The van der Waals surface area contributed by atoms with Gasteiger partial charge >= 0.3 is 0 Å². The zero-order chi connectivity index (χ0) is 20.9. The number of nitriles is 1. The first-order chi connectivity index (χ1) is 13.9. The summed E-state index contributed by atoms with van der Waals surface area (Å²) < 4.78 is 5.33. The molecule has 0 radical (unpaired) electrons. The van der Waals surface area contributed by atoms with E-state index in [2.05, 4.69) is 11.1 Å². The maximum atomic E-state index is 13.4. The number of rotatable bonds is 3. The second kappa shape index (κ2) is 6.87. The number of hydrogen-bond donors (Lipinski definition) is 1. The lowest BCUT2D eigenvalue weighted by molar-refractivity contribution is 0.419. The van der Waals surface area contributed by atoms with Gasteiger partial charge in [-0.25, -0.2) is 4.98 Å². The standard InChI is InChI=1S/C21H19N5O2S/c1-4-24-17(20(28)25(5-2)21(24)29)10-13-12(3)14(11-22)18-23-15-8-6-7-9-16(15)26(18)19(13)27/h6-10,28H,4-5H2,1-3H3. The Labute approximate surface area is 171 Å². The van der Waals surface area contributed by atoms with E-state index in [4.69, 9.17) is 12.2 Å². The van der Waals surface area contributed by atoms with Crippen molar-refractivity contribution in [2.45, 2.75) is 33.9 Å². The molecule has 0 aliphatic rings. The molecule has 0 saturated heterocycles. The van der Waals surface area contributed by atoms with Crippen LogP contribution in [0.1, 0.15) is 30.7 Å². The van der Waals surface area contributed by atoms with Gasteiger partial charge in [0.25, 0.3) is 5.56 Å². The Bertz CT molecular complexity index is 1500. The summed E-state index contributed by atoms with van der Waals surface area (Å²) in [5.41, 5.74) is 2.65. The monoisotopic (exact) mass is 405 g/mol. The van der Waals surface area contributed by atoms with Crippen LogP contribution in [0.15, 0.2) is 29.1 Å². The predicted octanol–water partition coefficient (Wildman–Crippen LogP) is 2.65. The molecule has 146 valence electrons. The summed E-state index contributed by atoms with van der Waals surface area (Å²) in [4.78, 5) is 17.9. The lowest BCUT2D eigenvalue weighted by Crippen LogP contribution is -2.34. The van der Waals surface area contributed by atoms with Crippen LogP contribution in [-0.4, -0.2) is 23.6 Å². The van der Waals surface area contributed by atoms with Crippen molar-refractivity contribution in [1.29, 1.82) is 5.26 Å². The van der Waals surface area contributed by atoms with E-state index >= 15 is 0 Å². The van der Waals surface area contributed by atoms with E-state index in [-0.39, 0.29) is 11.4 Å². The normalized spacial score (nSPS) is 12.1. The first kappa shape index (κ1) is 18.9. The minimum absolute atomic E-state index is 0.00671. The van der Waals surface area contributed by atoms with E-state index in [1.54, 1.807) is 28.2 Å². The van der Waals surface area contributed by atoms with Gasteiger partial charge in [0.15, 0.2) is 10.4 Å². The van der Waals surface area contributed by atoms with E-state index < -0.39 is 0 Å². The van der Waals surface area contributed by atoms with Gasteiger partial charge in [0.2, 0.25) is 5.88 Å². The minimum atomic E-state index is -0.289. The van der Waals surface area contributed by atoms with Crippen LogP contribution < -0.4 is 10.8 Å². The molecule has 0 aliphatic heterocycles. The van der Waals surface area contributed by atoms with E-state index in [1.807, 2.05) is 32.0 Å². The SMILES string of the molecule is CCn1c(O)c(C=c2c(C)c(C#N)c3nc4ccccc4n3c2=O)n(CC)c1=S. The second-order valence-electron chi connectivity index (χ2n) is 6.71. The van der Waals surface area contributed by atoms with Gasteiger partial charge in [0.1, 0.15) is 11.8 Å². The fourth-order valence-corrected chi connectivity index (χ4v) is 4.20. The predicted molar refractivity (Wildman–Crippen MR) is 113 cm³/mol. The smallest absolute Gasteiger partial charge is 0.264 e. The number of nitrogens with zero attached hydrogens (tertiary/aromatic N) is 5. The molecule has 0 bridgehead atoms. The largest absolute Gasteiger partial charge is 0.493 e. The molecule has 7 nitrogen and oxygen atoms in total. The van der Waals surface area contributed by atoms with Crippen molar-refractivity contribution in [2.75, 3.05) is 0 Å². The van der Waals surface area contributed by atoms with Gasteiger partial charge in [-0.1, -0.05) is 12.1 Å². The second-order valence-corrected chi connectivity index (χ2v) is 7.08. The molecule has 0 aliphatic carbocycles. The Morgan fingerprint density at radius 3 is 2.59 bits per heavy atom.